The van der Waals surface area contributed by atoms with Crippen molar-refractivity contribution in [2.45, 2.75) is 13.0 Å². The van der Waals surface area contributed by atoms with E-state index in [4.69, 9.17) is 0 Å². The van der Waals surface area contributed by atoms with Crippen LogP contribution in [0.5, 0.6) is 0 Å². The number of fused-ring (bicyclic) bond motifs is 1. The van der Waals surface area contributed by atoms with Crippen molar-refractivity contribution in [3.05, 3.63) is 76.9 Å². The third-order valence-corrected chi connectivity index (χ3v) is 4.42. The molecule has 0 saturated carbocycles. The minimum absolute atomic E-state index is 0.0166. The molecule has 0 atom stereocenters. The topological polar surface area (TPSA) is 40.6 Å². The monoisotopic (exact) mass is 334 g/mol. The van der Waals surface area contributed by atoms with Crippen LogP contribution in [0.1, 0.15) is 27.0 Å². The molecule has 0 aliphatic carbocycles. The van der Waals surface area contributed by atoms with Crippen LogP contribution >= 0.6 is 0 Å². The molecule has 128 valence electrons. The van der Waals surface area contributed by atoms with E-state index in [1.807, 2.05) is 29.2 Å². The molecule has 0 N–H and O–H groups in total. The van der Waals surface area contributed by atoms with Gasteiger partial charge in [0, 0.05) is 38.8 Å². The number of carbonyl (C=O) groups is 2. The average molecular weight is 334 g/mol. The van der Waals surface area contributed by atoms with Crippen LogP contribution in [0.3, 0.4) is 0 Å². The summed E-state index contributed by atoms with van der Waals surface area (Å²) in [6.07, 6.45) is 4.31. The molecule has 0 spiro atoms. The Kier molecular flexibility index (Phi) is 4.98. The van der Waals surface area contributed by atoms with Crippen molar-refractivity contribution in [2.75, 3.05) is 20.6 Å². The molecule has 0 radical (unpaired) electrons. The molecule has 0 aromatic heterocycles. The quantitative estimate of drug-likeness (QED) is 0.810. The summed E-state index contributed by atoms with van der Waals surface area (Å²) < 4.78 is 0. The Bertz CT molecular complexity index is 807. The minimum Gasteiger partial charge on any atom is -0.345 e. The van der Waals surface area contributed by atoms with E-state index < -0.39 is 0 Å². The van der Waals surface area contributed by atoms with Gasteiger partial charge >= 0.3 is 0 Å². The van der Waals surface area contributed by atoms with Crippen LogP contribution in [0.15, 0.2) is 54.6 Å². The Labute approximate surface area is 148 Å². The molecule has 2 aromatic carbocycles. The zero-order valence-electron chi connectivity index (χ0n) is 14.6. The van der Waals surface area contributed by atoms with E-state index in [2.05, 4.69) is 12.1 Å². The van der Waals surface area contributed by atoms with E-state index in [1.54, 1.807) is 43.3 Å². The van der Waals surface area contributed by atoms with Crippen molar-refractivity contribution in [1.82, 2.24) is 9.80 Å². The Morgan fingerprint density at radius 3 is 2.36 bits per heavy atom. The fraction of sp³-hybridized carbons (Fsp3) is 0.238. The Balaban J connectivity index is 1.64. The first-order valence-electron chi connectivity index (χ1n) is 8.40. The smallest absolute Gasteiger partial charge is 0.253 e. The second-order valence-corrected chi connectivity index (χ2v) is 6.43. The molecule has 3 rings (SSSR count). The first-order chi connectivity index (χ1) is 12.0. The van der Waals surface area contributed by atoms with Gasteiger partial charge in [0.15, 0.2) is 0 Å². The molecular formula is C21H22N2O2. The molecule has 1 heterocycles. The molecule has 0 saturated heterocycles. The molecule has 4 nitrogen and oxygen atoms in total. The average Bonchev–Trinajstić information content (AvgIpc) is 2.65. The summed E-state index contributed by atoms with van der Waals surface area (Å²) in [5.74, 6) is -0.0125. The van der Waals surface area contributed by atoms with Crippen LogP contribution < -0.4 is 0 Å². The Morgan fingerprint density at radius 2 is 1.68 bits per heavy atom. The minimum atomic E-state index is -0.0291. The third kappa shape index (κ3) is 3.97. The lowest BCUT2D eigenvalue weighted by Gasteiger charge is -2.27. The maximum Gasteiger partial charge on any atom is 0.253 e. The summed E-state index contributed by atoms with van der Waals surface area (Å²) in [6.45, 7) is 1.41. The number of carbonyl (C=O) groups excluding carboxylic acids is 2. The SMILES string of the molecule is CN(C)C(=O)c1ccc(/C=C/C(=O)N2CCc3ccccc3C2)cc1. The fourth-order valence-electron chi connectivity index (χ4n) is 2.95. The lowest BCUT2D eigenvalue weighted by Crippen LogP contribution is -2.34. The zero-order chi connectivity index (χ0) is 17.8. The van der Waals surface area contributed by atoms with E-state index in [9.17, 15) is 9.59 Å². The number of nitrogens with zero attached hydrogens (tertiary/aromatic N) is 2. The summed E-state index contributed by atoms with van der Waals surface area (Å²) in [5, 5.41) is 0. The van der Waals surface area contributed by atoms with Gasteiger partial charge in [0.25, 0.3) is 5.91 Å². The van der Waals surface area contributed by atoms with Crippen molar-refractivity contribution in [3.63, 3.8) is 0 Å². The molecule has 0 unspecified atom stereocenters. The van der Waals surface area contributed by atoms with E-state index >= 15 is 0 Å². The number of hydrogen-bond acceptors (Lipinski definition) is 2. The maximum atomic E-state index is 12.4. The van der Waals surface area contributed by atoms with Crippen LogP contribution in [0.4, 0.5) is 0 Å². The molecule has 2 aromatic rings. The second-order valence-electron chi connectivity index (χ2n) is 6.43. The fourth-order valence-corrected chi connectivity index (χ4v) is 2.95. The van der Waals surface area contributed by atoms with Gasteiger partial charge in [-0.2, -0.15) is 0 Å². The van der Waals surface area contributed by atoms with Crippen LogP contribution in [-0.4, -0.2) is 42.3 Å². The van der Waals surface area contributed by atoms with Gasteiger partial charge in [0.2, 0.25) is 5.91 Å². The molecule has 0 bridgehead atoms. The van der Waals surface area contributed by atoms with Gasteiger partial charge < -0.3 is 9.80 Å². The van der Waals surface area contributed by atoms with Crippen LogP contribution in [0, 0.1) is 0 Å². The summed E-state index contributed by atoms with van der Waals surface area (Å²) in [4.78, 5) is 27.7. The normalized spacial score (nSPS) is 13.6. The van der Waals surface area contributed by atoms with Gasteiger partial charge in [-0.15, -0.1) is 0 Å². The summed E-state index contributed by atoms with van der Waals surface area (Å²) in [7, 11) is 3.46. The van der Waals surface area contributed by atoms with E-state index in [0.717, 1.165) is 18.5 Å². The third-order valence-electron chi connectivity index (χ3n) is 4.42. The van der Waals surface area contributed by atoms with E-state index in [1.165, 1.54) is 11.1 Å². The highest BCUT2D eigenvalue weighted by atomic mass is 16.2. The van der Waals surface area contributed by atoms with Gasteiger partial charge in [0.1, 0.15) is 0 Å². The van der Waals surface area contributed by atoms with Gasteiger partial charge in [-0.05, 0) is 41.3 Å². The first kappa shape index (κ1) is 17.0. The molecule has 1 aliphatic rings. The number of hydrogen-bond donors (Lipinski definition) is 0. The largest absolute Gasteiger partial charge is 0.345 e. The zero-order valence-corrected chi connectivity index (χ0v) is 14.6. The summed E-state index contributed by atoms with van der Waals surface area (Å²) in [5.41, 5.74) is 4.10. The van der Waals surface area contributed by atoms with E-state index in [-0.39, 0.29) is 11.8 Å². The van der Waals surface area contributed by atoms with Gasteiger partial charge in [-0.3, -0.25) is 9.59 Å². The van der Waals surface area contributed by atoms with Gasteiger partial charge in [-0.1, -0.05) is 36.4 Å². The molecule has 25 heavy (non-hydrogen) atoms. The maximum absolute atomic E-state index is 12.4. The summed E-state index contributed by atoms with van der Waals surface area (Å²) in [6, 6.07) is 15.5. The first-order valence-corrected chi connectivity index (χ1v) is 8.40. The Morgan fingerprint density at radius 1 is 1.00 bits per heavy atom. The van der Waals surface area contributed by atoms with Gasteiger partial charge in [0.05, 0.1) is 0 Å². The van der Waals surface area contributed by atoms with Crippen molar-refractivity contribution in [2.24, 2.45) is 0 Å². The molecule has 2 amide bonds. The van der Waals surface area contributed by atoms with Crippen molar-refractivity contribution in [3.8, 4) is 0 Å². The van der Waals surface area contributed by atoms with Crippen LogP contribution in [0.25, 0.3) is 6.08 Å². The predicted octanol–water partition coefficient (Wildman–Crippen LogP) is 2.99. The highest BCUT2D eigenvalue weighted by Crippen LogP contribution is 2.19. The molecule has 4 heteroatoms. The van der Waals surface area contributed by atoms with Crippen LogP contribution in [0.2, 0.25) is 0 Å². The number of benzene rings is 2. The van der Waals surface area contributed by atoms with Crippen molar-refractivity contribution in [1.29, 1.82) is 0 Å². The Hall–Kier alpha value is -2.88. The highest BCUT2D eigenvalue weighted by Gasteiger charge is 2.18. The van der Waals surface area contributed by atoms with Gasteiger partial charge in [-0.25, -0.2) is 0 Å². The summed E-state index contributed by atoms with van der Waals surface area (Å²) >= 11 is 0. The lowest BCUT2D eigenvalue weighted by molar-refractivity contribution is -0.126. The van der Waals surface area contributed by atoms with Crippen LogP contribution in [-0.2, 0) is 17.8 Å². The highest BCUT2D eigenvalue weighted by molar-refractivity contribution is 5.94. The van der Waals surface area contributed by atoms with Crippen molar-refractivity contribution >= 4 is 17.9 Å². The number of rotatable bonds is 3. The second kappa shape index (κ2) is 7.34. The molecular weight excluding hydrogens is 312 g/mol. The number of amides is 2. The standard InChI is InChI=1S/C21H22N2O2/c1-22(2)21(25)18-10-7-16(8-11-18)9-12-20(24)23-14-13-17-5-3-4-6-19(17)15-23/h3-12H,13-15H2,1-2H3/b12-9+. The lowest BCUT2D eigenvalue weighted by atomic mass is 10.00. The van der Waals surface area contributed by atoms with Crippen molar-refractivity contribution < 1.29 is 9.59 Å². The van der Waals surface area contributed by atoms with E-state index in [0.29, 0.717) is 12.1 Å². The molecule has 1 aliphatic heterocycles. The predicted molar refractivity (Wildman–Crippen MR) is 99.1 cm³/mol. The molecule has 0 fully saturated rings.